The Labute approximate surface area is 88.4 Å². The topological polar surface area (TPSA) is 15.3 Å². The highest BCUT2D eigenvalue weighted by Gasteiger charge is 2.23. The van der Waals surface area contributed by atoms with E-state index in [1.54, 1.807) is 0 Å². The van der Waals surface area contributed by atoms with Crippen LogP contribution in [-0.4, -0.2) is 36.6 Å². The van der Waals surface area contributed by atoms with E-state index in [0.717, 1.165) is 18.9 Å². The second-order valence-corrected chi connectivity index (χ2v) is 4.59. The molecule has 3 unspecified atom stereocenters. The third-order valence-corrected chi connectivity index (χ3v) is 3.34. The Kier molecular flexibility index (Phi) is 4.63. The number of rotatable bonds is 4. The van der Waals surface area contributed by atoms with Crippen LogP contribution >= 0.6 is 0 Å². The van der Waals surface area contributed by atoms with Gasteiger partial charge in [-0.1, -0.05) is 13.0 Å². The second kappa shape index (κ2) is 5.52. The fraction of sp³-hybridized carbons (Fsp3) is 0.833. The van der Waals surface area contributed by atoms with Crippen LogP contribution in [0.5, 0.6) is 0 Å². The molecule has 0 amide bonds. The van der Waals surface area contributed by atoms with Crippen molar-refractivity contribution in [2.75, 3.05) is 19.6 Å². The molecular weight excluding hydrogens is 172 g/mol. The number of allylic oxidation sites excluding steroid dienone is 1. The Morgan fingerprint density at radius 1 is 1.57 bits per heavy atom. The molecule has 14 heavy (non-hydrogen) atoms. The van der Waals surface area contributed by atoms with Gasteiger partial charge in [0.25, 0.3) is 0 Å². The van der Waals surface area contributed by atoms with E-state index >= 15 is 0 Å². The van der Waals surface area contributed by atoms with Gasteiger partial charge in [0.1, 0.15) is 0 Å². The lowest BCUT2D eigenvalue weighted by Crippen LogP contribution is -2.53. The summed E-state index contributed by atoms with van der Waals surface area (Å²) in [5.41, 5.74) is 0. The van der Waals surface area contributed by atoms with Crippen LogP contribution in [0, 0.1) is 5.92 Å². The molecule has 1 N–H and O–H groups in total. The summed E-state index contributed by atoms with van der Waals surface area (Å²) in [4.78, 5) is 2.59. The van der Waals surface area contributed by atoms with E-state index in [2.05, 4.69) is 37.6 Å². The first-order valence-electron chi connectivity index (χ1n) is 5.73. The summed E-state index contributed by atoms with van der Waals surface area (Å²) in [6.07, 6.45) is 3.16. The maximum absolute atomic E-state index is 3.81. The van der Waals surface area contributed by atoms with Crippen molar-refractivity contribution in [3.05, 3.63) is 12.7 Å². The smallest absolute Gasteiger partial charge is 0.0167 e. The van der Waals surface area contributed by atoms with Gasteiger partial charge in [-0.15, -0.1) is 6.58 Å². The van der Waals surface area contributed by atoms with Crippen molar-refractivity contribution in [2.45, 2.75) is 39.3 Å². The number of nitrogens with one attached hydrogen (secondary N) is 1. The molecule has 0 saturated carbocycles. The molecule has 0 radical (unpaired) electrons. The van der Waals surface area contributed by atoms with E-state index in [1.807, 2.05) is 6.08 Å². The first-order chi connectivity index (χ1) is 6.65. The zero-order valence-electron chi connectivity index (χ0n) is 9.79. The van der Waals surface area contributed by atoms with Crippen LogP contribution in [0.15, 0.2) is 12.7 Å². The number of hydrogen-bond acceptors (Lipinski definition) is 2. The third kappa shape index (κ3) is 3.10. The average molecular weight is 196 g/mol. The van der Waals surface area contributed by atoms with Crippen LogP contribution in [0.2, 0.25) is 0 Å². The predicted octanol–water partition coefficient (Wildman–Crippen LogP) is 1.88. The van der Waals surface area contributed by atoms with Gasteiger partial charge in [0.05, 0.1) is 0 Å². The fourth-order valence-corrected chi connectivity index (χ4v) is 2.15. The van der Waals surface area contributed by atoms with Gasteiger partial charge in [0.15, 0.2) is 0 Å². The SMILES string of the molecule is C=CCC(C)C(C)N1CCNC(C)C1. The highest BCUT2D eigenvalue weighted by atomic mass is 15.2. The minimum atomic E-state index is 0.641. The molecule has 82 valence electrons. The highest BCUT2D eigenvalue weighted by molar-refractivity contribution is 4.83. The van der Waals surface area contributed by atoms with Gasteiger partial charge >= 0.3 is 0 Å². The Bertz CT molecular complexity index is 179. The quantitative estimate of drug-likeness (QED) is 0.691. The molecule has 0 spiro atoms. The molecule has 1 aliphatic rings. The molecule has 2 nitrogen and oxygen atoms in total. The van der Waals surface area contributed by atoms with Gasteiger partial charge in [-0.05, 0) is 26.2 Å². The first-order valence-corrected chi connectivity index (χ1v) is 5.73. The third-order valence-electron chi connectivity index (χ3n) is 3.34. The van der Waals surface area contributed by atoms with E-state index < -0.39 is 0 Å². The molecule has 0 aromatic carbocycles. The molecule has 1 rings (SSSR count). The number of hydrogen-bond donors (Lipinski definition) is 1. The van der Waals surface area contributed by atoms with Gasteiger partial charge in [0, 0.05) is 31.7 Å². The van der Waals surface area contributed by atoms with Gasteiger partial charge in [-0.25, -0.2) is 0 Å². The van der Waals surface area contributed by atoms with Crippen LogP contribution in [0.3, 0.4) is 0 Å². The molecule has 1 aliphatic heterocycles. The molecule has 1 fully saturated rings. The molecule has 0 bridgehead atoms. The lowest BCUT2D eigenvalue weighted by atomic mass is 9.97. The summed E-state index contributed by atoms with van der Waals surface area (Å²) >= 11 is 0. The molecule has 0 aromatic heterocycles. The summed E-state index contributed by atoms with van der Waals surface area (Å²) < 4.78 is 0. The van der Waals surface area contributed by atoms with Gasteiger partial charge < -0.3 is 5.32 Å². The zero-order valence-corrected chi connectivity index (χ0v) is 9.79. The summed E-state index contributed by atoms with van der Waals surface area (Å²) in [6, 6.07) is 1.32. The van der Waals surface area contributed by atoms with Gasteiger partial charge in [-0.3, -0.25) is 4.90 Å². The molecule has 0 aliphatic carbocycles. The largest absolute Gasteiger partial charge is 0.312 e. The van der Waals surface area contributed by atoms with E-state index in [9.17, 15) is 0 Å². The lowest BCUT2D eigenvalue weighted by molar-refractivity contribution is 0.123. The van der Waals surface area contributed by atoms with Crippen molar-refractivity contribution in [3.63, 3.8) is 0 Å². The van der Waals surface area contributed by atoms with Crippen LogP contribution in [0.25, 0.3) is 0 Å². The fourth-order valence-electron chi connectivity index (χ4n) is 2.15. The Hall–Kier alpha value is -0.340. The van der Waals surface area contributed by atoms with E-state index in [0.29, 0.717) is 12.1 Å². The van der Waals surface area contributed by atoms with Crippen molar-refractivity contribution >= 4 is 0 Å². The van der Waals surface area contributed by atoms with Crippen LogP contribution in [0.4, 0.5) is 0 Å². The lowest BCUT2D eigenvalue weighted by Gasteiger charge is -2.38. The molecule has 2 heteroatoms. The van der Waals surface area contributed by atoms with Crippen molar-refractivity contribution in [1.82, 2.24) is 10.2 Å². The maximum Gasteiger partial charge on any atom is 0.0167 e. The van der Waals surface area contributed by atoms with E-state index in [1.165, 1.54) is 13.1 Å². The van der Waals surface area contributed by atoms with E-state index in [-0.39, 0.29) is 0 Å². The average Bonchev–Trinajstić information content (AvgIpc) is 2.17. The van der Waals surface area contributed by atoms with Crippen LogP contribution < -0.4 is 5.32 Å². The summed E-state index contributed by atoms with van der Waals surface area (Å²) in [7, 11) is 0. The first kappa shape index (κ1) is 11.7. The molecular formula is C12H24N2. The maximum atomic E-state index is 3.81. The van der Waals surface area contributed by atoms with Crippen molar-refractivity contribution < 1.29 is 0 Å². The van der Waals surface area contributed by atoms with E-state index in [4.69, 9.17) is 0 Å². The van der Waals surface area contributed by atoms with Crippen molar-refractivity contribution in [1.29, 1.82) is 0 Å². The standard InChI is InChI=1S/C12H24N2/c1-5-6-10(2)12(4)14-8-7-13-11(3)9-14/h5,10-13H,1,6-9H2,2-4H3. The van der Waals surface area contributed by atoms with Crippen molar-refractivity contribution in [2.24, 2.45) is 5.92 Å². The minimum Gasteiger partial charge on any atom is -0.312 e. The molecule has 3 atom stereocenters. The Morgan fingerprint density at radius 2 is 2.29 bits per heavy atom. The predicted molar refractivity (Wildman–Crippen MR) is 62.5 cm³/mol. The monoisotopic (exact) mass is 196 g/mol. The molecule has 0 aromatic rings. The van der Waals surface area contributed by atoms with Gasteiger partial charge in [0.2, 0.25) is 0 Å². The Morgan fingerprint density at radius 3 is 2.86 bits per heavy atom. The molecule has 1 saturated heterocycles. The summed E-state index contributed by atoms with van der Waals surface area (Å²) in [6.45, 7) is 14.2. The second-order valence-electron chi connectivity index (χ2n) is 4.59. The van der Waals surface area contributed by atoms with Crippen LogP contribution in [0.1, 0.15) is 27.2 Å². The Balaban J connectivity index is 2.41. The van der Waals surface area contributed by atoms with Gasteiger partial charge in [-0.2, -0.15) is 0 Å². The number of nitrogens with zero attached hydrogens (tertiary/aromatic N) is 1. The minimum absolute atomic E-state index is 0.641. The highest BCUT2D eigenvalue weighted by Crippen LogP contribution is 2.16. The summed E-state index contributed by atoms with van der Waals surface area (Å²) in [5, 5.41) is 3.48. The number of piperazine rings is 1. The summed E-state index contributed by atoms with van der Waals surface area (Å²) in [5.74, 6) is 0.720. The van der Waals surface area contributed by atoms with Crippen LogP contribution in [-0.2, 0) is 0 Å². The normalized spacial score (nSPS) is 28.4. The zero-order chi connectivity index (χ0) is 10.6. The van der Waals surface area contributed by atoms with Crippen molar-refractivity contribution in [3.8, 4) is 0 Å². The molecule has 1 heterocycles.